The molecule has 0 aliphatic carbocycles. The van der Waals surface area contributed by atoms with Crippen LogP contribution >= 0.6 is 22.6 Å². The van der Waals surface area contributed by atoms with Crippen molar-refractivity contribution in [1.82, 2.24) is 0 Å². The lowest BCUT2D eigenvalue weighted by Crippen LogP contribution is -1.84. The molecule has 0 bridgehead atoms. The Hall–Kier alpha value is 0.140. The number of carbonyl (C=O) groups excluding carboxylic acids is 1. The summed E-state index contributed by atoms with van der Waals surface area (Å²) in [5, 5.41) is 0. The fourth-order valence-corrected chi connectivity index (χ4v) is 1.11. The first kappa shape index (κ1) is 10.1. The molecule has 0 aliphatic rings. The molecule has 0 saturated carbocycles. The molecule has 0 rings (SSSR count). The fraction of sp³-hybridized carbons (Fsp3) is 0.625. The Bertz CT molecular complexity index is 110. The second-order valence-electron chi connectivity index (χ2n) is 2.24. The molecule has 0 aromatic heterocycles. The molecule has 0 spiro atoms. The van der Waals surface area contributed by atoms with Gasteiger partial charge in [0.2, 0.25) is 0 Å². The van der Waals surface area contributed by atoms with Gasteiger partial charge in [0, 0.05) is 6.42 Å². The zero-order chi connectivity index (χ0) is 7.82. The Morgan fingerprint density at radius 2 is 2.10 bits per heavy atom. The maximum absolute atomic E-state index is 10.4. The van der Waals surface area contributed by atoms with Crippen LogP contribution in [0.2, 0.25) is 0 Å². The number of carbonyl (C=O) groups is 1. The van der Waals surface area contributed by atoms with Crippen molar-refractivity contribution in [3.05, 3.63) is 12.7 Å². The largest absolute Gasteiger partial charge is 0.288 e. The minimum Gasteiger partial charge on any atom is -0.288 e. The molecule has 0 amide bonds. The summed E-state index contributed by atoms with van der Waals surface area (Å²) in [7, 11) is 0. The maximum atomic E-state index is 10.4. The van der Waals surface area contributed by atoms with Gasteiger partial charge in [-0.15, -0.1) is 6.58 Å². The SMILES string of the molecule is C=CCCCCCC(=O)I. The van der Waals surface area contributed by atoms with Gasteiger partial charge >= 0.3 is 0 Å². The van der Waals surface area contributed by atoms with Gasteiger partial charge in [-0.3, -0.25) is 4.79 Å². The quantitative estimate of drug-likeness (QED) is 0.307. The van der Waals surface area contributed by atoms with E-state index in [2.05, 4.69) is 6.58 Å². The molecule has 0 fully saturated rings. The molecular formula is C8H13IO. The molecular weight excluding hydrogens is 239 g/mol. The number of unbranched alkanes of at least 4 members (excludes halogenated alkanes) is 3. The zero-order valence-corrected chi connectivity index (χ0v) is 8.26. The Balaban J connectivity index is 2.90. The third kappa shape index (κ3) is 8.14. The summed E-state index contributed by atoms with van der Waals surface area (Å²) in [6.45, 7) is 3.63. The molecule has 0 saturated heterocycles. The molecule has 0 aromatic carbocycles. The van der Waals surface area contributed by atoms with Crippen molar-refractivity contribution >= 4 is 26.4 Å². The normalized spacial score (nSPS) is 9.30. The monoisotopic (exact) mass is 252 g/mol. The standard InChI is InChI=1S/C8H13IO/c1-2-3-4-5-6-7-8(9)10/h2H,1,3-7H2. The molecule has 0 unspecified atom stereocenters. The van der Waals surface area contributed by atoms with Gasteiger partial charge in [-0.25, -0.2) is 0 Å². The second kappa shape index (κ2) is 7.25. The van der Waals surface area contributed by atoms with E-state index in [-0.39, 0.29) is 3.79 Å². The molecule has 0 heterocycles. The topological polar surface area (TPSA) is 17.1 Å². The summed E-state index contributed by atoms with van der Waals surface area (Å²) in [6, 6.07) is 0. The Labute approximate surface area is 76.0 Å². The van der Waals surface area contributed by atoms with Crippen molar-refractivity contribution in [2.75, 3.05) is 0 Å². The lowest BCUT2D eigenvalue weighted by Gasteiger charge is -1.93. The van der Waals surface area contributed by atoms with E-state index in [0.717, 1.165) is 25.7 Å². The number of hydrogen-bond acceptors (Lipinski definition) is 1. The highest BCUT2D eigenvalue weighted by Crippen LogP contribution is 2.05. The van der Waals surface area contributed by atoms with Gasteiger partial charge in [0.25, 0.3) is 0 Å². The van der Waals surface area contributed by atoms with E-state index in [1.165, 1.54) is 6.42 Å². The molecule has 0 aromatic rings. The minimum atomic E-state index is 0.274. The summed E-state index contributed by atoms with van der Waals surface area (Å²) in [4.78, 5) is 10.4. The van der Waals surface area contributed by atoms with Crippen LogP contribution < -0.4 is 0 Å². The van der Waals surface area contributed by atoms with Gasteiger partial charge in [-0.1, -0.05) is 12.5 Å². The summed E-state index contributed by atoms with van der Waals surface area (Å²) in [6.07, 6.45) is 7.10. The van der Waals surface area contributed by atoms with E-state index in [4.69, 9.17) is 0 Å². The van der Waals surface area contributed by atoms with Gasteiger partial charge < -0.3 is 0 Å². The molecule has 10 heavy (non-hydrogen) atoms. The van der Waals surface area contributed by atoms with Gasteiger partial charge in [-0.2, -0.15) is 0 Å². The van der Waals surface area contributed by atoms with Gasteiger partial charge in [0.15, 0.2) is 3.79 Å². The van der Waals surface area contributed by atoms with Crippen LogP contribution in [0, 0.1) is 0 Å². The number of rotatable bonds is 6. The molecule has 0 N–H and O–H groups in total. The first-order chi connectivity index (χ1) is 4.77. The predicted molar refractivity (Wildman–Crippen MR) is 52.3 cm³/mol. The predicted octanol–water partition coefficient (Wildman–Crippen LogP) is 3.08. The number of halogens is 1. The van der Waals surface area contributed by atoms with Crippen LogP contribution in [0.15, 0.2) is 12.7 Å². The van der Waals surface area contributed by atoms with Crippen LogP contribution in [0.25, 0.3) is 0 Å². The number of hydrogen-bond donors (Lipinski definition) is 0. The Morgan fingerprint density at radius 3 is 2.60 bits per heavy atom. The van der Waals surface area contributed by atoms with E-state index in [1.54, 1.807) is 0 Å². The lowest BCUT2D eigenvalue weighted by atomic mass is 10.1. The fourth-order valence-electron chi connectivity index (χ4n) is 0.729. The van der Waals surface area contributed by atoms with Crippen molar-refractivity contribution in [2.24, 2.45) is 0 Å². The first-order valence-electron chi connectivity index (χ1n) is 3.56. The Kier molecular flexibility index (Phi) is 7.35. The van der Waals surface area contributed by atoms with Crippen LogP contribution in [0.1, 0.15) is 32.1 Å². The van der Waals surface area contributed by atoms with Crippen molar-refractivity contribution in [3.8, 4) is 0 Å². The van der Waals surface area contributed by atoms with Crippen LogP contribution in [0.4, 0.5) is 0 Å². The average Bonchev–Trinajstić information content (AvgIpc) is 1.87. The lowest BCUT2D eigenvalue weighted by molar-refractivity contribution is -0.109. The molecule has 0 atom stereocenters. The third-order valence-corrected chi connectivity index (χ3v) is 1.82. The molecule has 58 valence electrons. The van der Waals surface area contributed by atoms with Crippen LogP contribution in [0.3, 0.4) is 0 Å². The minimum absolute atomic E-state index is 0.274. The highest BCUT2D eigenvalue weighted by molar-refractivity contribution is 14.1. The van der Waals surface area contributed by atoms with E-state index in [0.29, 0.717) is 0 Å². The van der Waals surface area contributed by atoms with Crippen LogP contribution in [0.5, 0.6) is 0 Å². The van der Waals surface area contributed by atoms with Crippen molar-refractivity contribution in [2.45, 2.75) is 32.1 Å². The van der Waals surface area contributed by atoms with E-state index in [1.807, 2.05) is 28.7 Å². The Morgan fingerprint density at radius 1 is 1.40 bits per heavy atom. The van der Waals surface area contributed by atoms with Crippen LogP contribution in [-0.4, -0.2) is 3.79 Å². The van der Waals surface area contributed by atoms with Crippen molar-refractivity contribution in [1.29, 1.82) is 0 Å². The van der Waals surface area contributed by atoms with E-state index < -0.39 is 0 Å². The molecule has 2 heteroatoms. The second-order valence-corrected chi connectivity index (χ2v) is 3.45. The third-order valence-electron chi connectivity index (χ3n) is 1.28. The van der Waals surface area contributed by atoms with Crippen molar-refractivity contribution < 1.29 is 4.79 Å². The maximum Gasteiger partial charge on any atom is 0.192 e. The summed E-state index contributed by atoms with van der Waals surface area (Å²) >= 11 is 1.84. The van der Waals surface area contributed by atoms with Gasteiger partial charge in [0.05, 0.1) is 0 Å². The van der Waals surface area contributed by atoms with E-state index >= 15 is 0 Å². The molecule has 1 nitrogen and oxygen atoms in total. The van der Waals surface area contributed by atoms with E-state index in [9.17, 15) is 4.79 Å². The highest BCUT2D eigenvalue weighted by Gasteiger charge is 1.93. The summed E-state index contributed by atoms with van der Waals surface area (Å²) < 4.78 is 0.274. The average molecular weight is 252 g/mol. The molecule has 0 radical (unpaired) electrons. The van der Waals surface area contributed by atoms with Gasteiger partial charge in [-0.05, 0) is 41.9 Å². The smallest absolute Gasteiger partial charge is 0.192 e. The zero-order valence-electron chi connectivity index (χ0n) is 6.11. The van der Waals surface area contributed by atoms with Gasteiger partial charge in [0.1, 0.15) is 0 Å². The first-order valence-corrected chi connectivity index (χ1v) is 4.64. The summed E-state index contributed by atoms with van der Waals surface area (Å²) in [5.74, 6) is 0. The molecule has 0 aliphatic heterocycles. The summed E-state index contributed by atoms with van der Waals surface area (Å²) in [5.41, 5.74) is 0. The van der Waals surface area contributed by atoms with Crippen LogP contribution in [-0.2, 0) is 4.79 Å². The van der Waals surface area contributed by atoms with Crippen molar-refractivity contribution in [3.63, 3.8) is 0 Å². The number of allylic oxidation sites excluding steroid dienone is 1. The highest BCUT2D eigenvalue weighted by atomic mass is 127.